The summed E-state index contributed by atoms with van der Waals surface area (Å²) in [5.41, 5.74) is 0.449. The van der Waals surface area contributed by atoms with Crippen molar-refractivity contribution in [2.45, 2.75) is 31.1 Å². The fourth-order valence-corrected chi connectivity index (χ4v) is 3.94. The number of amides is 1. The van der Waals surface area contributed by atoms with E-state index in [1.807, 2.05) is 6.92 Å². The lowest BCUT2D eigenvalue weighted by Crippen LogP contribution is -2.47. The van der Waals surface area contributed by atoms with Crippen LogP contribution in [0.1, 0.15) is 25.3 Å². The first-order valence-electron chi connectivity index (χ1n) is 7.99. The molecule has 1 fully saturated rings. The minimum atomic E-state index is -3.84. The Kier molecular flexibility index (Phi) is 7.83. The molecule has 4 N–H and O–H groups in total. The van der Waals surface area contributed by atoms with Gasteiger partial charge in [-0.25, -0.2) is 13.6 Å². The number of halogens is 1. The molecule has 25 heavy (non-hydrogen) atoms. The van der Waals surface area contributed by atoms with Gasteiger partial charge < -0.3 is 15.4 Å². The lowest BCUT2D eigenvalue weighted by Gasteiger charge is -2.35. The van der Waals surface area contributed by atoms with Gasteiger partial charge >= 0.3 is 0 Å². The number of methoxy groups -OCH3 is 1. The van der Waals surface area contributed by atoms with Gasteiger partial charge in [0.05, 0.1) is 16.9 Å². The maximum atomic E-state index is 12.8. The first-order valence-corrected chi connectivity index (χ1v) is 9.54. The molecule has 1 aliphatic rings. The number of anilines is 1. The van der Waals surface area contributed by atoms with Crippen molar-refractivity contribution in [1.82, 2.24) is 5.32 Å². The van der Waals surface area contributed by atoms with Crippen molar-refractivity contribution in [1.29, 1.82) is 0 Å². The molecule has 1 heterocycles. The molecule has 0 unspecified atom stereocenters. The van der Waals surface area contributed by atoms with E-state index in [9.17, 15) is 13.2 Å². The number of piperidine rings is 1. The maximum absolute atomic E-state index is 12.8. The van der Waals surface area contributed by atoms with Gasteiger partial charge in [0.25, 0.3) is 0 Å². The van der Waals surface area contributed by atoms with Crippen LogP contribution < -0.4 is 15.8 Å². The summed E-state index contributed by atoms with van der Waals surface area (Å²) in [5, 5.41) is 11.3. The minimum Gasteiger partial charge on any atom is -0.384 e. The van der Waals surface area contributed by atoms with Gasteiger partial charge in [-0.2, -0.15) is 0 Å². The van der Waals surface area contributed by atoms with Crippen LogP contribution in [0.4, 0.5) is 5.69 Å². The average Bonchev–Trinajstić information content (AvgIpc) is 2.55. The topological polar surface area (TPSA) is 111 Å². The molecule has 0 spiro atoms. The molecule has 0 aliphatic carbocycles. The zero-order valence-electron chi connectivity index (χ0n) is 14.5. The first kappa shape index (κ1) is 21.9. The predicted molar refractivity (Wildman–Crippen MR) is 99.5 cm³/mol. The molecule has 1 aromatic rings. The van der Waals surface area contributed by atoms with Gasteiger partial charge in [0.15, 0.2) is 0 Å². The Morgan fingerprint density at radius 1 is 1.36 bits per heavy atom. The SMILES string of the molecule is CCc1ccc(NC(=O)C2(COC)CCNCC2)cc1S(N)(=O)=O.Cl. The number of sulfonamides is 1. The van der Waals surface area contributed by atoms with Crippen LogP contribution in [0.2, 0.25) is 0 Å². The second-order valence-corrected chi connectivity index (χ2v) is 7.67. The minimum absolute atomic E-state index is 0. The summed E-state index contributed by atoms with van der Waals surface area (Å²) in [7, 11) is -2.26. The molecule has 0 radical (unpaired) electrons. The quantitative estimate of drug-likeness (QED) is 0.676. The summed E-state index contributed by atoms with van der Waals surface area (Å²) in [6.07, 6.45) is 1.88. The highest BCUT2D eigenvalue weighted by molar-refractivity contribution is 7.89. The molecule has 142 valence electrons. The molecule has 0 atom stereocenters. The van der Waals surface area contributed by atoms with E-state index in [-0.39, 0.29) is 23.2 Å². The number of carbonyl (C=O) groups is 1. The summed E-state index contributed by atoms with van der Waals surface area (Å²) < 4.78 is 28.8. The van der Waals surface area contributed by atoms with Crippen LogP contribution in [0.5, 0.6) is 0 Å². The molecule has 1 saturated heterocycles. The van der Waals surface area contributed by atoms with Crippen LogP contribution >= 0.6 is 12.4 Å². The Labute approximate surface area is 155 Å². The normalized spacial score (nSPS) is 16.8. The monoisotopic (exact) mass is 391 g/mol. The maximum Gasteiger partial charge on any atom is 0.238 e. The molecule has 1 aromatic carbocycles. The smallest absolute Gasteiger partial charge is 0.238 e. The standard InChI is InChI=1S/C16H25N3O4S.ClH/c1-3-12-4-5-13(10-14(12)24(17,21)22)19-15(20)16(11-23-2)6-8-18-9-7-16;/h4-5,10,18H,3,6-9,11H2,1-2H3,(H,19,20)(H2,17,21,22);1H. The number of nitrogens with one attached hydrogen (secondary N) is 2. The lowest BCUT2D eigenvalue weighted by atomic mass is 9.78. The molecule has 1 amide bonds. The Morgan fingerprint density at radius 2 is 2.00 bits per heavy atom. The van der Waals surface area contributed by atoms with Crippen molar-refractivity contribution < 1.29 is 17.9 Å². The fraction of sp³-hybridized carbons (Fsp3) is 0.562. The number of rotatable bonds is 6. The number of ether oxygens (including phenoxy) is 1. The van der Waals surface area contributed by atoms with Gasteiger partial charge in [0, 0.05) is 12.8 Å². The van der Waals surface area contributed by atoms with Gasteiger partial charge in [-0.3, -0.25) is 4.79 Å². The Balaban J connectivity index is 0.00000312. The van der Waals surface area contributed by atoms with Crippen molar-refractivity contribution in [3.05, 3.63) is 23.8 Å². The van der Waals surface area contributed by atoms with Crippen molar-refractivity contribution >= 4 is 34.0 Å². The highest BCUT2D eigenvalue weighted by Gasteiger charge is 2.39. The summed E-state index contributed by atoms with van der Waals surface area (Å²) in [6, 6.07) is 4.81. The molecular weight excluding hydrogens is 366 g/mol. The number of benzene rings is 1. The van der Waals surface area contributed by atoms with Gasteiger partial charge in [-0.05, 0) is 50.0 Å². The first-order chi connectivity index (χ1) is 11.3. The van der Waals surface area contributed by atoms with E-state index >= 15 is 0 Å². The Hall–Kier alpha value is -1.19. The number of hydrogen-bond acceptors (Lipinski definition) is 5. The largest absolute Gasteiger partial charge is 0.384 e. The zero-order valence-corrected chi connectivity index (χ0v) is 16.1. The van der Waals surface area contributed by atoms with Gasteiger partial charge in [-0.15, -0.1) is 12.4 Å². The van der Waals surface area contributed by atoms with Crippen LogP contribution in [0.25, 0.3) is 0 Å². The number of nitrogens with two attached hydrogens (primary N) is 1. The molecule has 0 bridgehead atoms. The van der Waals surface area contributed by atoms with Gasteiger partial charge in [-0.1, -0.05) is 13.0 Å². The zero-order chi connectivity index (χ0) is 17.8. The van der Waals surface area contributed by atoms with E-state index < -0.39 is 15.4 Å². The number of hydrogen-bond donors (Lipinski definition) is 3. The summed E-state index contributed by atoms with van der Waals surface area (Å²) in [5.74, 6) is -0.157. The molecule has 7 nitrogen and oxygen atoms in total. The van der Waals surface area contributed by atoms with Crippen LogP contribution in [0.3, 0.4) is 0 Å². The molecule has 1 aliphatic heterocycles. The molecule has 9 heteroatoms. The van der Waals surface area contributed by atoms with Crippen LogP contribution in [-0.2, 0) is 26.0 Å². The van der Waals surface area contributed by atoms with E-state index in [0.717, 1.165) is 13.1 Å². The third-order valence-electron chi connectivity index (χ3n) is 4.48. The van der Waals surface area contributed by atoms with Crippen molar-refractivity contribution in [2.24, 2.45) is 10.6 Å². The van der Waals surface area contributed by atoms with Crippen molar-refractivity contribution in [3.8, 4) is 0 Å². The van der Waals surface area contributed by atoms with Gasteiger partial charge in [0.1, 0.15) is 0 Å². The molecular formula is C16H26ClN3O4S. The predicted octanol–water partition coefficient (Wildman–Crippen LogP) is 1.27. The fourth-order valence-electron chi connectivity index (χ4n) is 3.07. The highest BCUT2D eigenvalue weighted by Crippen LogP contribution is 2.31. The average molecular weight is 392 g/mol. The van der Waals surface area contributed by atoms with E-state index in [1.54, 1.807) is 19.2 Å². The molecule has 0 saturated carbocycles. The van der Waals surface area contributed by atoms with Crippen molar-refractivity contribution in [3.63, 3.8) is 0 Å². The third-order valence-corrected chi connectivity index (χ3v) is 5.47. The van der Waals surface area contributed by atoms with E-state index in [1.165, 1.54) is 6.07 Å². The summed E-state index contributed by atoms with van der Waals surface area (Å²) in [6.45, 7) is 3.67. The second-order valence-electron chi connectivity index (χ2n) is 6.14. The van der Waals surface area contributed by atoms with E-state index in [4.69, 9.17) is 9.88 Å². The van der Waals surface area contributed by atoms with Crippen LogP contribution in [0.15, 0.2) is 23.1 Å². The Bertz CT molecular complexity index is 698. The molecule has 2 rings (SSSR count). The third kappa shape index (κ3) is 5.15. The summed E-state index contributed by atoms with van der Waals surface area (Å²) in [4.78, 5) is 12.8. The summed E-state index contributed by atoms with van der Waals surface area (Å²) >= 11 is 0. The Morgan fingerprint density at radius 3 is 2.52 bits per heavy atom. The number of primary sulfonamides is 1. The lowest BCUT2D eigenvalue weighted by molar-refractivity contribution is -0.130. The van der Waals surface area contributed by atoms with E-state index in [2.05, 4.69) is 10.6 Å². The van der Waals surface area contributed by atoms with Gasteiger partial charge in [0.2, 0.25) is 15.9 Å². The number of aryl methyl sites for hydroxylation is 1. The number of carbonyl (C=O) groups excluding carboxylic acids is 1. The highest BCUT2D eigenvalue weighted by atomic mass is 35.5. The van der Waals surface area contributed by atoms with E-state index in [0.29, 0.717) is 37.1 Å². The van der Waals surface area contributed by atoms with Crippen LogP contribution in [0, 0.1) is 5.41 Å². The molecule has 0 aromatic heterocycles. The van der Waals surface area contributed by atoms with Crippen LogP contribution in [-0.4, -0.2) is 41.1 Å². The second kappa shape index (κ2) is 8.95. The van der Waals surface area contributed by atoms with Crippen molar-refractivity contribution in [2.75, 3.05) is 32.1 Å².